The first-order chi connectivity index (χ1) is 9.67. The highest BCUT2D eigenvalue weighted by Gasteiger charge is 2.31. The van der Waals surface area contributed by atoms with Gasteiger partial charge >= 0.3 is 0 Å². The Morgan fingerprint density at radius 2 is 2.10 bits per heavy atom. The maximum atomic E-state index is 6.45. The summed E-state index contributed by atoms with van der Waals surface area (Å²) in [4.78, 5) is 2.56. The monoisotopic (exact) mass is 314 g/mol. The van der Waals surface area contributed by atoms with Gasteiger partial charge in [-0.15, -0.1) is 0 Å². The topological polar surface area (TPSA) is 29.3 Å². The van der Waals surface area contributed by atoms with E-state index >= 15 is 0 Å². The van der Waals surface area contributed by atoms with Crippen LogP contribution in [0, 0.1) is 5.92 Å². The molecule has 0 aliphatic carbocycles. The molecule has 1 saturated heterocycles. The van der Waals surface area contributed by atoms with Crippen molar-refractivity contribution in [2.45, 2.75) is 38.6 Å². The lowest BCUT2D eigenvalue weighted by atomic mass is 9.89. The van der Waals surface area contributed by atoms with E-state index in [1.165, 1.54) is 24.8 Å². The highest BCUT2D eigenvalue weighted by atomic mass is 35.5. The van der Waals surface area contributed by atoms with Gasteiger partial charge in [-0.1, -0.05) is 42.6 Å². The van der Waals surface area contributed by atoms with Gasteiger partial charge in [-0.2, -0.15) is 0 Å². The molecule has 2 N–H and O–H groups in total. The van der Waals surface area contributed by atoms with Crippen LogP contribution in [-0.2, 0) is 0 Å². The van der Waals surface area contributed by atoms with E-state index in [1.54, 1.807) is 0 Å². The van der Waals surface area contributed by atoms with Crippen LogP contribution in [0.5, 0.6) is 0 Å². The van der Waals surface area contributed by atoms with Crippen molar-refractivity contribution in [3.63, 3.8) is 0 Å². The Balaban J connectivity index is 2.37. The summed E-state index contributed by atoms with van der Waals surface area (Å²) >= 11 is 12.5. The molecule has 0 spiro atoms. The van der Waals surface area contributed by atoms with Gasteiger partial charge in [0.1, 0.15) is 0 Å². The average molecular weight is 315 g/mol. The minimum atomic E-state index is 0.326. The quantitative estimate of drug-likeness (QED) is 0.886. The molecule has 2 atom stereocenters. The minimum absolute atomic E-state index is 0.326. The smallest absolute Gasteiger partial charge is 0.0468 e. The van der Waals surface area contributed by atoms with Crippen molar-refractivity contribution in [3.05, 3.63) is 33.8 Å². The fraction of sp³-hybridized carbons (Fsp3) is 0.625. The van der Waals surface area contributed by atoms with Crippen LogP contribution in [0.15, 0.2) is 18.2 Å². The Morgan fingerprint density at radius 3 is 2.75 bits per heavy atom. The molecule has 1 aromatic rings. The Bertz CT molecular complexity index is 436. The SMILES string of the molecule is CCCN1CCCCC(CN)C1c1ccc(Cl)cc1Cl. The van der Waals surface area contributed by atoms with Gasteiger partial charge in [-0.05, 0) is 62.5 Å². The first-order valence-electron chi connectivity index (χ1n) is 7.56. The zero-order valence-electron chi connectivity index (χ0n) is 12.1. The molecular formula is C16H24Cl2N2. The molecule has 1 aliphatic heterocycles. The standard InChI is InChI=1S/C16H24Cl2N2/c1-2-8-20-9-4-3-5-12(11-19)16(20)14-7-6-13(17)10-15(14)18/h6-7,10,12,16H,2-5,8-9,11,19H2,1H3. The van der Waals surface area contributed by atoms with E-state index in [-0.39, 0.29) is 0 Å². The van der Waals surface area contributed by atoms with E-state index in [1.807, 2.05) is 12.1 Å². The lowest BCUT2D eigenvalue weighted by Crippen LogP contribution is -2.36. The van der Waals surface area contributed by atoms with Gasteiger partial charge in [0.15, 0.2) is 0 Å². The molecule has 1 fully saturated rings. The van der Waals surface area contributed by atoms with Crippen LogP contribution in [0.4, 0.5) is 0 Å². The summed E-state index contributed by atoms with van der Waals surface area (Å²) < 4.78 is 0. The van der Waals surface area contributed by atoms with Gasteiger partial charge in [0.05, 0.1) is 0 Å². The number of rotatable bonds is 4. The lowest BCUT2D eigenvalue weighted by Gasteiger charge is -2.35. The molecule has 4 heteroatoms. The molecule has 112 valence electrons. The summed E-state index contributed by atoms with van der Waals surface area (Å²) in [6.07, 6.45) is 4.83. The van der Waals surface area contributed by atoms with Crippen molar-refractivity contribution < 1.29 is 0 Å². The highest BCUT2D eigenvalue weighted by molar-refractivity contribution is 6.35. The second-order valence-electron chi connectivity index (χ2n) is 5.64. The zero-order chi connectivity index (χ0) is 14.5. The predicted molar refractivity (Wildman–Crippen MR) is 87.5 cm³/mol. The Kier molecular flexibility index (Phi) is 6.16. The summed E-state index contributed by atoms with van der Waals surface area (Å²) in [6.45, 7) is 5.17. The van der Waals surface area contributed by atoms with Gasteiger partial charge in [-0.25, -0.2) is 0 Å². The van der Waals surface area contributed by atoms with Crippen LogP contribution in [0.25, 0.3) is 0 Å². The van der Waals surface area contributed by atoms with E-state index in [0.717, 1.165) is 24.5 Å². The molecule has 2 nitrogen and oxygen atoms in total. The van der Waals surface area contributed by atoms with Crippen molar-refractivity contribution in [3.8, 4) is 0 Å². The Hall–Kier alpha value is -0.280. The number of benzene rings is 1. The molecule has 2 unspecified atom stereocenters. The molecule has 1 aromatic carbocycles. The second kappa shape index (κ2) is 7.65. The van der Waals surface area contributed by atoms with E-state index in [2.05, 4.69) is 17.9 Å². The lowest BCUT2D eigenvalue weighted by molar-refractivity contribution is 0.158. The van der Waals surface area contributed by atoms with Gasteiger partial charge in [-0.3, -0.25) is 4.90 Å². The van der Waals surface area contributed by atoms with Crippen LogP contribution >= 0.6 is 23.2 Å². The van der Waals surface area contributed by atoms with E-state index < -0.39 is 0 Å². The Labute approximate surface area is 132 Å². The number of hydrogen-bond donors (Lipinski definition) is 1. The first kappa shape index (κ1) is 16.1. The van der Waals surface area contributed by atoms with E-state index in [9.17, 15) is 0 Å². The van der Waals surface area contributed by atoms with Crippen LogP contribution in [0.1, 0.15) is 44.2 Å². The predicted octanol–water partition coefficient (Wildman–Crippen LogP) is 4.51. The number of nitrogens with zero attached hydrogens (tertiary/aromatic N) is 1. The Morgan fingerprint density at radius 1 is 1.30 bits per heavy atom. The minimum Gasteiger partial charge on any atom is -0.330 e. The maximum absolute atomic E-state index is 6.45. The van der Waals surface area contributed by atoms with Crippen molar-refractivity contribution in [2.24, 2.45) is 11.7 Å². The molecule has 1 heterocycles. The van der Waals surface area contributed by atoms with Crippen LogP contribution < -0.4 is 5.73 Å². The molecular weight excluding hydrogens is 291 g/mol. The van der Waals surface area contributed by atoms with E-state index in [4.69, 9.17) is 28.9 Å². The third-order valence-electron chi connectivity index (χ3n) is 4.20. The van der Waals surface area contributed by atoms with Crippen molar-refractivity contribution in [1.82, 2.24) is 4.90 Å². The van der Waals surface area contributed by atoms with Crippen LogP contribution in [0.2, 0.25) is 10.0 Å². The fourth-order valence-electron chi connectivity index (χ4n) is 3.29. The normalized spacial score (nSPS) is 24.6. The molecule has 0 amide bonds. The molecule has 0 radical (unpaired) electrons. The van der Waals surface area contributed by atoms with Crippen molar-refractivity contribution in [1.29, 1.82) is 0 Å². The number of hydrogen-bond acceptors (Lipinski definition) is 2. The zero-order valence-corrected chi connectivity index (χ0v) is 13.6. The largest absolute Gasteiger partial charge is 0.330 e. The van der Waals surface area contributed by atoms with E-state index in [0.29, 0.717) is 23.5 Å². The van der Waals surface area contributed by atoms with Gasteiger partial charge < -0.3 is 5.73 Å². The average Bonchev–Trinajstić information content (AvgIpc) is 2.62. The second-order valence-corrected chi connectivity index (χ2v) is 6.48. The third-order valence-corrected chi connectivity index (χ3v) is 4.77. The highest BCUT2D eigenvalue weighted by Crippen LogP contribution is 2.38. The number of halogens is 2. The molecule has 20 heavy (non-hydrogen) atoms. The molecule has 2 rings (SSSR count). The summed E-state index contributed by atoms with van der Waals surface area (Å²) in [5.41, 5.74) is 7.23. The first-order valence-corrected chi connectivity index (χ1v) is 8.32. The molecule has 1 aliphatic rings. The molecule has 0 saturated carbocycles. The van der Waals surface area contributed by atoms with Crippen LogP contribution in [0.3, 0.4) is 0 Å². The fourth-order valence-corrected chi connectivity index (χ4v) is 3.81. The third kappa shape index (κ3) is 3.67. The summed E-state index contributed by atoms with van der Waals surface area (Å²) in [7, 11) is 0. The van der Waals surface area contributed by atoms with Gasteiger partial charge in [0.2, 0.25) is 0 Å². The van der Waals surface area contributed by atoms with Crippen molar-refractivity contribution in [2.75, 3.05) is 19.6 Å². The van der Waals surface area contributed by atoms with Crippen molar-refractivity contribution >= 4 is 23.2 Å². The van der Waals surface area contributed by atoms with Gasteiger partial charge in [0.25, 0.3) is 0 Å². The summed E-state index contributed by atoms with van der Waals surface area (Å²) in [5, 5.41) is 1.46. The van der Waals surface area contributed by atoms with Crippen LogP contribution in [-0.4, -0.2) is 24.5 Å². The molecule has 0 bridgehead atoms. The summed E-state index contributed by atoms with van der Waals surface area (Å²) in [5.74, 6) is 0.475. The summed E-state index contributed by atoms with van der Waals surface area (Å²) in [6, 6.07) is 6.19. The van der Waals surface area contributed by atoms with Gasteiger partial charge in [0, 0.05) is 16.1 Å². The maximum Gasteiger partial charge on any atom is 0.0468 e. The molecule has 0 aromatic heterocycles. The number of nitrogens with two attached hydrogens (primary N) is 1. The number of likely N-dealkylation sites (tertiary alicyclic amines) is 1.